The van der Waals surface area contributed by atoms with Gasteiger partial charge >= 0.3 is 0 Å². The average Bonchev–Trinajstić information content (AvgIpc) is 0.918. The van der Waals surface area contributed by atoms with Gasteiger partial charge in [0.25, 0.3) is 0 Å². The third-order valence-corrected chi connectivity index (χ3v) is 0. The van der Waals surface area contributed by atoms with Crippen molar-refractivity contribution in [1.29, 1.82) is 0 Å². The van der Waals surface area contributed by atoms with Crippen LogP contribution in [0.5, 0.6) is 0 Å². The molecule has 0 aromatic carbocycles. The molecule has 0 bridgehead atoms. The van der Waals surface area contributed by atoms with Crippen LogP contribution in [0, 0.1) is 4.91 Å². The number of hydrogen-bond acceptors (Lipinski definition) is 2. The van der Waals surface area contributed by atoms with Crippen LogP contribution < -0.4 is 0 Å². The van der Waals surface area contributed by atoms with E-state index in [-0.39, 0.29) is 27.7 Å². The quantitative estimate of drug-likeness (QED) is 0.376. The van der Waals surface area contributed by atoms with E-state index in [1.807, 2.05) is 0 Å². The van der Waals surface area contributed by atoms with Gasteiger partial charge in [0.1, 0.15) is 0 Å². The second kappa shape index (κ2) is 10.2. The summed E-state index contributed by atoms with van der Waals surface area (Å²) in [5, 5.41) is 7.89. The standard InChI is InChI=1S/Hg.HNO2/c;2-1-3/h;(H,2,3). The van der Waals surface area contributed by atoms with Gasteiger partial charge in [-0.25, -0.2) is 0 Å². The van der Waals surface area contributed by atoms with E-state index in [9.17, 15) is 0 Å². The van der Waals surface area contributed by atoms with E-state index in [4.69, 9.17) is 10.1 Å². The maximum atomic E-state index is 8.11. The summed E-state index contributed by atoms with van der Waals surface area (Å²) in [7, 11) is 0. The molecule has 0 amide bonds. The van der Waals surface area contributed by atoms with Crippen LogP contribution in [0.2, 0.25) is 0 Å². The molecule has 4 heteroatoms. The van der Waals surface area contributed by atoms with Gasteiger partial charge in [-0.3, -0.25) is 0 Å². The molecule has 0 saturated carbocycles. The van der Waals surface area contributed by atoms with Crippen LogP contribution in [-0.4, -0.2) is 5.21 Å². The molecule has 0 atom stereocenters. The van der Waals surface area contributed by atoms with Crippen molar-refractivity contribution in [2.75, 3.05) is 0 Å². The van der Waals surface area contributed by atoms with Crippen molar-refractivity contribution in [3.63, 3.8) is 0 Å². The smallest absolute Gasteiger partial charge is 0.152 e. The second-order valence-electron chi connectivity index (χ2n) is 0.0816. The first-order valence-corrected chi connectivity index (χ1v) is 0.383. The number of nitrogens with zero attached hydrogens (tertiary/aromatic N) is 1. The Morgan fingerprint density at radius 1 is 1.75 bits per heavy atom. The Balaban J connectivity index is 0. The Kier molecular flexibility index (Phi) is 22.6. The van der Waals surface area contributed by atoms with Gasteiger partial charge in [-0.05, 0) is 0 Å². The third-order valence-electron chi connectivity index (χ3n) is 0. The largest absolute Gasteiger partial charge is 0.379 e. The molecule has 0 radical (unpaired) electrons. The third kappa shape index (κ3) is 37.1. The molecule has 0 aromatic rings. The van der Waals surface area contributed by atoms with Gasteiger partial charge in [0.05, 0.1) is 0 Å². The molecule has 0 aliphatic heterocycles. The Morgan fingerprint density at radius 2 is 1.75 bits per heavy atom. The van der Waals surface area contributed by atoms with Gasteiger partial charge in [-0.15, -0.1) is 4.91 Å². The predicted molar refractivity (Wildman–Crippen MR) is 7.58 cm³/mol. The summed E-state index contributed by atoms with van der Waals surface area (Å²) in [5.41, 5.74) is 0. The van der Waals surface area contributed by atoms with Crippen LogP contribution in [0.4, 0.5) is 0 Å². The van der Waals surface area contributed by atoms with E-state index in [1.165, 1.54) is 5.34 Å². The van der Waals surface area contributed by atoms with Gasteiger partial charge in [-0.2, -0.15) is 0 Å². The molecule has 1 N–H and O–H groups in total. The Hall–Kier alpha value is 0.335. The number of rotatable bonds is 0. The van der Waals surface area contributed by atoms with Crippen LogP contribution >= 0.6 is 0 Å². The van der Waals surface area contributed by atoms with Crippen LogP contribution in [-0.2, 0) is 27.7 Å². The van der Waals surface area contributed by atoms with Gasteiger partial charge < -0.3 is 5.21 Å². The fraction of sp³-hybridized carbons (Fsp3) is 0. The first-order valence-electron chi connectivity index (χ1n) is 0.383. The maximum Gasteiger partial charge on any atom is 0.152 e. The molecule has 0 spiro atoms. The SMILES string of the molecule is O=NO.[Hg]. The van der Waals surface area contributed by atoms with Crippen molar-refractivity contribution in [1.82, 2.24) is 0 Å². The molecule has 0 fully saturated rings. The summed E-state index contributed by atoms with van der Waals surface area (Å²) in [4.78, 5) is 8.11. The van der Waals surface area contributed by atoms with Crippen molar-refractivity contribution < 1.29 is 32.9 Å². The summed E-state index contributed by atoms with van der Waals surface area (Å²) in [6, 6.07) is 0. The zero-order chi connectivity index (χ0) is 2.71. The molecule has 0 heterocycles. The summed E-state index contributed by atoms with van der Waals surface area (Å²) in [6.07, 6.45) is 0. The van der Waals surface area contributed by atoms with Gasteiger partial charge in [0.2, 0.25) is 0 Å². The fourth-order valence-corrected chi connectivity index (χ4v) is 0. The van der Waals surface area contributed by atoms with E-state index in [0.717, 1.165) is 0 Å². The zero-order valence-corrected chi connectivity index (χ0v) is 7.51. The molecule has 0 unspecified atom stereocenters. The van der Waals surface area contributed by atoms with Crippen molar-refractivity contribution >= 4 is 0 Å². The molecule has 4 heavy (non-hydrogen) atoms. The van der Waals surface area contributed by atoms with Gasteiger partial charge in [0.15, 0.2) is 5.34 Å². The maximum absolute atomic E-state index is 8.11. The molecular formula is HHgNO2. The van der Waals surface area contributed by atoms with Gasteiger partial charge in [0, 0.05) is 27.7 Å². The molecular weight excluding hydrogens is 247 g/mol. The van der Waals surface area contributed by atoms with E-state index in [0.29, 0.717) is 0 Å². The fourth-order valence-electron chi connectivity index (χ4n) is 0. The van der Waals surface area contributed by atoms with Crippen LogP contribution in [0.15, 0.2) is 5.34 Å². The predicted octanol–water partition coefficient (Wildman–Crippen LogP) is 0.140. The molecule has 0 aromatic heterocycles. The second-order valence-corrected chi connectivity index (χ2v) is 0.0816. The molecule has 0 aliphatic rings. The molecule has 0 aliphatic carbocycles. The van der Waals surface area contributed by atoms with E-state index in [1.54, 1.807) is 0 Å². The minimum absolute atomic E-state index is 0. The summed E-state index contributed by atoms with van der Waals surface area (Å²) < 4.78 is 0. The summed E-state index contributed by atoms with van der Waals surface area (Å²) in [6.45, 7) is 0. The monoisotopic (exact) mass is 249 g/mol. The van der Waals surface area contributed by atoms with E-state index in [2.05, 4.69) is 0 Å². The van der Waals surface area contributed by atoms with Crippen LogP contribution in [0.25, 0.3) is 0 Å². The normalized spacial score (nSPS) is 3.00. The Bertz CT molecular complexity index is 13.5. The topological polar surface area (TPSA) is 49.7 Å². The molecule has 20 valence electrons. The minimum Gasteiger partial charge on any atom is -0.379 e. The first-order chi connectivity index (χ1) is 1.41. The Morgan fingerprint density at radius 3 is 1.75 bits per heavy atom. The Labute approximate surface area is 43.4 Å². The van der Waals surface area contributed by atoms with Crippen LogP contribution in [0.1, 0.15) is 0 Å². The average molecular weight is 248 g/mol. The van der Waals surface area contributed by atoms with Crippen molar-refractivity contribution in [2.24, 2.45) is 5.34 Å². The van der Waals surface area contributed by atoms with Crippen LogP contribution in [0.3, 0.4) is 0 Å². The summed E-state index contributed by atoms with van der Waals surface area (Å²) >= 11 is 0. The van der Waals surface area contributed by atoms with E-state index >= 15 is 0 Å². The summed E-state index contributed by atoms with van der Waals surface area (Å²) in [5.74, 6) is 0. The van der Waals surface area contributed by atoms with E-state index < -0.39 is 0 Å². The van der Waals surface area contributed by atoms with Crippen molar-refractivity contribution in [3.05, 3.63) is 4.91 Å². The van der Waals surface area contributed by atoms with Gasteiger partial charge in [-0.1, -0.05) is 0 Å². The molecule has 0 rings (SSSR count). The zero-order valence-electron chi connectivity index (χ0n) is 2.01. The van der Waals surface area contributed by atoms with Crippen molar-refractivity contribution in [3.8, 4) is 0 Å². The first kappa shape index (κ1) is 8.84. The van der Waals surface area contributed by atoms with Crippen molar-refractivity contribution in [2.45, 2.75) is 0 Å². The number of hydrogen-bond donors (Lipinski definition) is 1. The minimum atomic E-state index is 0. The molecule has 0 saturated heterocycles. The molecule has 3 nitrogen and oxygen atoms in total.